The van der Waals surface area contributed by atoms with Crippen molar-refractivity contribution in [1.29, 1.82) is 0 Å². The summed E-state index contributed by atoms with van der Waals surface area (Å²) in [6.45, 7) is 1.29. The van der Waals surface area contributed by atoms with Gasteiger partial charge in [0.05, 0.1) is 6.04 Å². The summed E-state index contributed by atoms with van der Waals surface area (Å²) in [5.74, 6) is 0.0242. The van der Waals surface area contributed by atoms with Gasteiger partial charge >= 0.3 is 0 Å². The summed E-state index contributed by atoms with van der Waals surface area (Å²) in [6.07, 6.45) is 5.61. The van der Waals surface area contributed by atoms with Crippen LogP contribution in [0.3, 0.4) is 0 Å². The molecule has 2 heterocycles. The highest BCUT2D eigenvalue weighted by Gasteiger charge is 2.42. The highest BCUT2D eigenvalue weighted by atomic mass is 16.2. The third-order valence-corrected chi connectivity index (χ3v) is 5.96. The van der Waals surface area contributed by atoms with Gasteiger partial charge in [0.1, 0.15) is 12.3 Å². The molecule has 2 fully saturated rings. The third kappa shape index (κ3) is 2.86. The first kappa shape index (κ1) is 16.3. The standard InChI is InChI=1S/C20H24N2O3/c23-13-17-7-3-9-21(17)20(25)18-8-4-10-22(18)19(24)16-11-14-5-1-2-6-15(14)12-16/h1-2,5-6,13,16-18H,3-4,7-12H2/t17-,18-/m0/s1. The quantitative estimate of drug-likeness (QED) is 0.785. The molecule has 0 radical (unpaired) electrons. The van der Waals surface area contributed by atoms with Crippen LogP contribution in [0.15, 0.2) is 24.3 Å². The fraction of sp³-hybridized carbons (Fsp3) is 0.550. The first-order valence-electron chi connectivity index (χ1n) is 9.32. The summed E-state index contributed by atoms with van der Waals surface area (Å²) in [4.78, 5) is 40.7. The van der Waals surface area contributed by atoms with Gasteiger partial charge in [-0.1, -0.05) is 24.3 Å². The van der Waals surface area contributed by atoms with E-state index < -0.39 is 0 Å². The zero-order valence-corrected chi connectivity index (χ0v) is 14.4. The van der Waals surface area contributed by atoms with E-state index in [-0.39, 0.29) is 29.8 Å². The lowest BCUT2D eigenvalue weighted by atomic mass is 10.0. The molecule has 132 valence electrons. The Morgan fingerprint density at radius 3 is 2.24 bits per heavy atom. The molecule has 0 bridgehead atoms. The number of hydrogen-bond acceptors (Lipinski definition) is 3. The number of benzene rings is 1. The summed E-state index contributed by atoms with van der Waals surface area (Å²) >= 11 is 0. The molecular weight excluding hydrogens is 316 g/mol. The summed E-state index contributed by atoms with van der Waals surface area (Å²) in [7, 11) is 0. The average molecular weight is 340 g/mol. The van der Waals surface area contributed by atoms with Crippen molar-refractivity contribution in [3.05, 3.63) is 35.4 Å². The van der Waals surface area contributed by atoms with Crippen LogP contribution >= 0.6 is 0 Å². The summed E-state index contributed by atoms with van der Waals surface area (Å²) in [5.41, 5.74) is 2.51. The van der Waals surface area contributed by atoms with Crippen molar-refractivity contribution in [2.75, 3.05) is 13.1 Å². The maximum Gasteiger partial charge on any atom is 0.245 e. The lowest BCUT2D eigenvalue weighted by Gasteiger charge is -2.31. The van der Waals surface area contributed by atoms with Crippen molar-refractivity contribution in [3.8, 4) is 0 Å². The number of aldehydes is 1. The molecule has 25 heavy (non-hydrogen) atoms. The van der Waals surface area contributed by atoms with Gasteiger partial charge in [-0.25, -0.2) is 0 Å². The molecule has 1 aromatic rings. The molecule has 0 aromatic heterocycles. The molecule has 2 amide bonds. The topological polar surface area (TPSA) is 57.7 Å². The van der Waals surface area contributed by atoms with E-state index in [0.717, 1.165) is 38.4 Å². The Morgan fingerprint density at radius 2 is 1.56 bits per heavy atom. The van der Waals surface area contributed by atoms with Gasteiger partial charge in [0.25, 0.3) is 0 Å². The van der Waals surface area contributed by atoms with Crippen molar-refractivity contribution in [2.45, 2.75) is 50.6 Å². The minimum absolute atomic E-state index is 0.0315. The zero-order chi connectivity index (χ0) is 17.4. The molecule has 2 aliphatic heterocycles. The van der Waals surface area contributed by atoms with Crippen LogP contribution in [0.1, 0.15) is 36.8 Å². The number of hydrogen-bond donors (Lipinski definition) is 0. The van der Waals surface area contributed by atoms with Crippen LogP contribution in [-0.2, 0) is 27.2 Å². The fourth-order valence-electron chi connectivity index (χ4n) is 4.65. The molecule has 3 aliphatic rings. The first-order chi connectivity index (χ1) is 12.2. The molecule has 5 nitrogen and oxygen atoms in total. The Hall–Kier alpha value is -2.17. The molecule has 4 rings (SSSR count). The second-order valence-corrected chi connectivity index (χ2v) is 7.44. The molecule has 2 atom stereocenters. The second kappa shape index (κ2) is 6.62. The van der Waals surface area contributed by atoms with Gasteiger partial charge in [0, 0.05) is 19.0 Å². The van der Waals surface area contributed by atoms with E-state index in [2.05, 4.69) is 12.1 Å². The molecule has 2 saturated heterocycles. The van der Waals surface area contributed by atoms with Gasteiger partial charge in [-0.2, -0.15) is 0 Å². The molecular formula is C20H24N2O3. The second-order valence-electron chi connectivity index (χ2n) is 7.44. The Balaban J connectivity index is 1.47. The summed E-state index contributed by atoms with van der Waals surface area (Å²) in [6, 6.07) is 7.53. The van der Waals surface area contributed by atoms with Crippen molar-refractivity contribution < 1.29 is 14.4 Å². The average Bonchev–Trinajstić information content (AvgIpc) is 3.38. The van der Waals surface area contributed by atoms with Crippen molar-refractivity contribution in [2.24, 2.45) is 5.92 Å². The van der Waals surface area contributed by atoms with Crippen LogP contribution in [0.4, 0.5) is 0 Å². The number of carbonyl (C=O) groups excluding carboxylic acids is 3. The molecule has 0 saturated carbocycles. The van der Waals surface area contributed by atoms with Crippen LogP contribution < -0.4 is 0 Å². The van der Waals surface area contributed by atoms with Gasteiger partial charge in [-0.3, -0.25) is 9.59 Å². The van der Waals surface area contributed by atoms with Crippen molar-refractivity contribution in [3.63, 3.8) is 0 Å². The number of amides is 2. The molecule has 0 spiro atoms. The normalized spacial score (nSPS) is 26.1. The van der Waals surface area contributed by atoms with Crippen LogP contribution in [0, 0.1) is 5.92 Å². The van der Waals surface area contributed by atoms with E-state index in [1.54, 1.807) is 9.80 Å². The van der Waals surface area contributed by atoms with Gasteiger partial charge in [0.15, 0.2) is 0 Å². The van der Waals surface area contributed by atoms with Crippen molar-refractivity contribution in [1.82, 2.24) is 9.80 Å². The van der Waals surface area contributed by atoms with Gasteiger partial charge in [0.2, 0.25) is 11.8 Å². The van der Waals surface area contributed by atoms with E-state index in [1.165, 1.54) is 11.1 Å². The Kier molecular flexibility index (Phi) is 4.32. The van der Waals surface area contributed by atoms with E-state index >= 15 is 0 Å². The highest BCUT2D eigenvalue weighted by Crippen LogP contribution is 2.31. The van der Waals surface area contributed by atoms with E-state index in [4.69, 9.17) is 0 Å². The first-order valence-corrected chi connectivity index (χ1v) is 9.32. The minimum atomic E-state index is -0.378. The minimum Gasteiger partial charge on any atom is -0.331 e. The van der Waals surface area contributed by atoms with E-state index in [0.29, 0.717) is 19.5 Å². The SMILES string of the molecule is O=C[C@@H]1CCCN1C(=O)[C@@H]1CCCN1C(=O)C1Cc2ccccc2C1. The van der Waals surface area contributed by atoms with Gasteiger partial charge in [-0.05, 0) is 49.7 Å². The number of carbonyl (C=O) groups is 3. The van der Waals surface area contributed by atoms with Crippen LogP contribution in [0.25, 0.3) is 0 Å². The number of rotatable bonds is 3. The molecule has 5 heteroatoms. The lowest BCUT2D eigenvalue weighted by molar-refractivity contribution is -0.146. The maximum absolute atomic E-state index is 13.1. The fourth-order valence-corrected chi connectivity index (χ4v) is 4.65. The van der Waals surface area contributed by atoms with Crippen molar-refractivity contribution >= 4 is 18.1 Å². The summed E-state index contributed by atoms with van der Waals surface area (Å²) in [5, 5.41) is 0. The molecule has 0 unspecified atom stereocenters. The monoisotopic (exact) mass is 340 g/mol. The molecule has 0 N–H and O–H groups in total. The Bertz CT molecular complexity index is 677. The Labute approximate surface area is 148 Å². The number of likely N-dealkylation sites (tertiary alicyclic amines) is 2. The highest BCUT2D eigenvalue weighted by molar-refractivity contribution is 5.91. The number of fused-ring (bicyclic) bond motifs is 1. The predicted octanol–water partition coefficient (Wildman–Crippen LogP) is 1.58. The van der Waals surface area contributed by atoms with E-state index in [1.807, 2.05) is 12.1 Å². The molecule has 1 aliphatic carbocycles. The van der Waals surface area contributed by atoms with Crippen LogP contribution in [-0.4, -0.2) is 53.1 Å². The largest absolute Gasteiger partial charge is 0.331 e. The predicted molar refractivity (Wildman–Crippen MR) is 92.9 cm³/mol. The maximum atomic E-state index is 13.1. The van der Waals surface area contributed by atoms with Crippen LogP contribution in [0.2, 0.25) is 0 Å². The number of nitrogens with zero attached hydrogens (tertiary/aromatic N) is 2. The van der Waals surface area contributed by atoms with Gasteiger partial charge < -0.3 is 14.6 Å². The zero-order valence-electron chi connectivity index (χ0n) is 14.4. The van der Waals surface area contributed by atoms with E-state index in [9.17, 15) is 14.4 Å². The lowest BCUT2D eigenvalue weighted by Crippen LogP contribution is -2.51. The molecule has 1 aromatic carbocycles. The smallest absolute Gasteiger partial charge is 0.245 e. The third-order valence-electron chi connectivity index (χ3n) is 5.96. The summed E-state index contributed by atoms with van der Waals surface area (Å²) < 4.78 is 0. The van der Waals surface area contributed by atoms with Gasteiger partial charge in [-0.15, -0.1) is 0 Å². The Morgan fingerprint density at radius 1 is 0.920 bits per heavy atom. The van der Waals surface area contributed by atoms with Crippen LogP contribution in [0.5, 0.6) is 0 Å².